The molecule has 0 atom stereocenters. The number of halogens is 1. The zero-order chi connectivity index (χ0) is 14.8. The van der Waals surface area contributed by atoms with Crippen molar-refractivity contribution in [2.75, 3.05) is 5.32 Å². The van der Waals surface area contributed by atoms with E-state index in [0.29, 0.717) is 23.5 Å². The van der Waals surface area contributed by atoms with Gasteiger partial charge in [0, 0.05) is 18.9 Å². The van der Waals surface area contributed by atoms with Gasteiger partial charge < -0.3 is 5.32 Å². The third kappa shape index (κ3) is 2.90. The van der Waals surface area contributed by atoms with Crippen LogP contribution in [0.5, 0.6) is 0 Å². The summed E-state index contributed by atoms with van der Waals surface area (Å²) in [4.78, 5) is 21.2. The lowest BCUT2D eigenvalue weighted by Gasteiger charge is -2.09. The van der Waals surface area contributed by atoms with E-state index < -0.39 is 0 Å². The maximum absolute atomic E-state index is 5.96. The molecule has 1 N–H and O–H groups in total. The molecule has 0 aliphatic rings. The molecule has 0 bridgehead atoms. The monoisotopic (exact) mass is 300 g/mol. The van der Waals surface area contributed by atoms with Crippen molar-refractivity contribution in [1.82, 2.24) is 24.9 Å². The summed E-state index contributed by atoms with van der Waals surface area (Å²) in [6.07, 6.45) is 3.49. The second kappa shape index (κ2) is 5.57. The molecule has 0 aliphatic carbocycles. The standard InChI is InChI=1S/C14H13ClN6/c1-8-9(2)19-13-11(18-8)12(20-14(15)21-13)17-7-10-3-5-16-6-4-10/h3-6H,7H2,1-2H3,(H,17,19,20,21). The molecule has 0 unspecified atom stereocenters. The topological polar surface area (TPSA) is 76.5 Å². The summed E-state index contributed by atoms with van der Waals surface area (Å²) in [6.45, 7) is 4.39. The number of hydrogen-bond acceptors (Lipinski definition) is 6. The molecule has 3 aromatic rings. The number of nitrogens with zero attached hydrogens (tertiary/aromatic N) is 5. The molecule has 3 aromatic heterocycles. The number of rotatable bonds is 3. The molecule has 0 saturated heterocycles. The van der Waals surface area contributed by atoms with Gasteiger partial charge in [-0.05, 0) is 43.1 Å². The van der Waals surface area contributed by atoms with Gasteiger partial charge >= 0.3 is 0 Å². The van der Waals surface area contributed by atoms with Crippen LogP contribution < -0.4 is 5.32 Å². The number of aryl methyl sites for hydroxylation is 2. The van der Waals surface area contributed by atoms with Crippen molar-refractivity contribution in [2.24, 2.45) is 0 Å². The number of pyridine rings is 1. The number of aromatic nitrogens is 5. The van der Waals surface area contributed by atoms with Crippen LogP contribution in [0.3, 0.4) is 0 Å². The lowest BCUT2D eigenvalue weighted by Crippen LogP contribution is -2.06. The van der Waals surface area contributed by atoms with Gasteiger partial charge in [-0.25, -0.2) is 9.97 Å². The number of anilines is 1. The summed E-state index contributed by atoms with van der Waals surface area (Å²) in [6, 6.07) is 3.86. The minimum Gasteiger partial charge on any atom is -0.364 e. The van der Waals surface area contributed by atoms with E-state index in [1.807, 2.05) is 26.0 Å². The normalized spacial score (nSPS) is 10.8. The fraction of sp³-hybridized carbons (Fsp3) is 0.214. The molecular formula is C14H13ClN6. The molecule has 0 aromatic carbocycles. The minimum atomic E-state index is 0.150. The molecule has 3 heterocycles. The Hall–Kier alpha value is -2.34. The Morgan fingerprint density at radius 3 is 2.48 bits per heavy atom. The maximum Gasteiger partial charge on any atom is 0.226 e. The number of nitrogens with one attached hydrogen (secondary N) is 1. The number of hydrogen-bond donors (Lipinski definition) is 1. The van der Waals surface area contributed by atoms with E-state index in [-0.39, 0.29) is 5.28 Å². The van der Waals surface area contributed by atoms with Crippen LogP contribution in [0.15, 0.2) is 24.5 Å². The van der Waals surface area contributed by atoms with Crippen LogP contribution in [0.2, 0.25) is 5.28 Å². The third-order valence-corrected chi connectivity index (χ3v) is 3.29. The molecular weight excluding hydrogens is 288 g/mol. The van der Waals surface area contributed by atoms with Crippen LogP contribution in [0.4, 0.5) is 5.82 Å². The van der Waals surface area contributed by atoms with Crippen LogP contribution in [0, 0.1) is 13.8 Å². The van der Waals surface area contributed by atoms with Crippen LogP contribution >= 0.6 is 11.6 Å². The van der Waals surface area contributed by atoms with E-state index in [2.05, 4.69) is 30.2 Å². The molecule has 21 heavy (non-hydrogen) atoms. The summed E-state index contributed by atoms with van der Waals surface area (Å²) >= 11 is 5.96. The van der Waals surface area contributed by atoms with E-state index in [1.165, 1.54) is 0 Å². The lowest BCUT2D eigenvalue weighted by molar-refractivity contribution is 1.04. The Morgan fingerprint density at radius 1 is 1.00 bits per heavy atom. The van der Waals surface area contributed by atoms with Gasteiger partial charge in [0.1, 0.15) is 0 Å². The first-order chi connectivity index (χ1) is 10.1. The molecule has 0 spiro atoms. The Balaban J connectivity index is 1.99. The van der Waals surface area contributed by atoms with Crippen LogP contribution in [-0.2, 0) is 6.54 Å². The van der Waals surface area contributed by atoms with Crippen molar-refractivity contribution in [3.8, 4) is 0 Å². The average molecular weight is 301 g/mol. The van der Waals surface area contributed by atoms with Gasteiger partial charge in [0.25, 0.3) is 0 Å². The zero-order valence-electron chi connectivity index (χ0n) is 11.6. The van der Waals surface area contributed by atoms with Crippen LogP contribution in [0.1, 0.15) is 17.0 Å². The summed E-state index contributed by atoms with van der Waals surface area (Å²) in [5.41, 5.74) is 3.88. The summed E-state index contributed by atoms with van der Waals surface area (Å²) < 4.78 is 0. The molecule has 3 rings (SSSR count). The molecule has 7 heteroatoms. The smallest absolute Gasteiger partial charge is 0.226 e. The Labute approximate surface area is 126 Å². The van der Waals surface area contributed by atoms with E-state index in [0.717, 1.165) is 17.0 Å². The molecule has 0 amide bonds. The van der Waals surface area contributed by atoms with Gasteiger partial charge in [0.05, 0.1) is 11.4 Å². The highest BCUT2D eigenvalue weighted by Crippen LogP contribution is 2.20. The first-order valence-electron chi connectivity index (χ1n) is 6.45. The van der Waals surface area contributed by atoms with Crippen molar-refractivity contribution >= 4 is 28.6 Å². The fourth-order valence-corrected chi connectivity index (χ4v) is 2.06. The second-order valence-electron chi connectivity index (χ2n) is 4.62. The molecule has 6 nitrogen and oxygen atoms in total. The SMILES string of the molecule is Cc1nc2nc(Cl)nc(NCc3ccncc3)c2nc1C. The van der Waals surface area contributed by atoms with Crippen LogP contribution in [0.25, 0.3) is 11.2 Å². The molecule has 0 radical (unpaired) electrons. The van der Waals surface area contributed by atoms with Gasteiger partial charge in [0.2, 0.25) is 5.28 Å². The van der Waals surface area contributed by atoms with E-state index >= 15 is 0 Å². The Morgan fingerprint density at radius 2 is 1.71 bits per heavy atom. The highest BCUT2D eigenvalue weighted by Gasteiger charge is 2.11. The van der Waals surface area contributed by atoms with E-state index in [4.69, 9.17) is 11.6 Å². The largest absolute Gasteiger partial charge is 0.364 e. The van der Waals surface area contributed by atoms with Crippen molar-refractivity contribution in [3.05, 3.63) is 46.8 Å². The van der Waals surface area contributed by atoms with Crippen molar-refractivity contribution in [3.63, 3.8) is 0 Å². The van der Waals surface area contributed by atoms with Gasteiger partial charge in [-0.3, -0.25) is 4.98 Å². The van der Waals surface area contributed by atoms with Gasteiger partial charge in [0.15, 0.2) is 17.0 Å². The lowest BCUT2D eigenvalue weighted by atomic mass is 10.2. The Kier molecular flexibility index (Phi) is 3.62. The summed E-state index contributed by atoms with van der Waals surface area (Å²) in [7, 11) is 0. The second-order valence-corrected chi connectivity index (χ2v) is 4.95. The van der Waals surface area contributed by atoms with Crippen molar-refractivity contribution in [2.45, 2.75) is 20.4 Å². The fourth-order valence-electron chi connectivity index (χ4n) is 1.90. The van der Waals surface area contributed by atoms with Crippen LogP contribution in [-0.4, -0.2) is 24.9 Å². The average Bonchev–Trinajstić information content (AvgIpc) is 2.48. The molecule has 0 saturated carbocycles. The van der Waals surface area contributed by atoms with E-state index in [9.17, 15) is 0 Å². The maximum atomic E-state index is 5.96. The zero-order valence-corrected chi connectivity index (χ0v) is 12.4. The predicted octanol–water partition coefficient (Wildman–Crippen LogP) is 2.70. The summed E-state index contributed by atoms with van der Waals surface area (Å²) in [5.74, 6) is 0.581. The van der Waals surface area contributed by atoms with Crippen molar-refractivity contribution in [1.29, 1.82) is 0 Å². The Bertz CT molecular complexity index is 790. The molecule has 0 aliphatic heterocycles. The highest BCUT2D eigenvalue weighted by atomic mass is 35.5. The quantitative estimate of drug-likeness (QED) is 0.749. The summed E-state index contributed by atoms with van der Waals surface area (Å²) in [5, 5.41) is 3.38. The highest BCUT2D eigenvalue weighted by molar-refractivity contribution is 6.28. The minimum absolute atomic E-state index is 0.150. The van der Waals surface area contributed by atoms with E-state index in [1.54, 1.807) is 12.4 Å². The molecule has 0 fully saturated rings. The predicted molar refractivity (Wildman–Crippen MR) is 81.2 cm³/mol. The van der Waals surface area contributed by atoms with Gasteiger partial charge in [-0.2, -0.15) is 9.97 Å². The van der Waals surface area contributed by atoms with Gasteiger partial charge in [-0.15, -0.1) is 0 Å². The first-order valence-corrected chi connectivity index (χ1v) is 6.82. The first kappa shape index (κ1) is 13.6. The molecule has 106 valence electrons. The third-order valence-electron chi connectivity index (χ3n) is 3.12. The number of fused-ring (bicyclic) bond motifs is 1. The van der Waals surface area contributed by atoms with Crippen molar-refractivity contribution < 1.29 is 0 Å². The van der Waals surface area contributed by atoms with Gasteiger partial charge in [-0.1, -0.05) is 0 Å².